The first-order valence-corrected chi connectivity index (χ1v) is 4.65. The summed E-state index contributed by atoms with van der Waals surface area (Å²) in [6.07, 6.45) is 2.05. The maximum Gasteiger partial charge on any atom is 0.115 e. The van der Waals surface area contributed by atoms with E-state index in [0.29, 0.717) is 12.3 Å². The molecule has 2 unspecified atom stereocenters. The Kier molecular flexibility index (Phi) is 1.04. The van der Waals surface area contributed by atoms with Gasteiger partial charge in [0.2, 0.25) is 0 Å². The van der Waals surface area contributed by atoms with E-state index >= 15 is 0 Å². The van der Waals surface area contributed by atoms with Crippen molar-refractivity contribution in [2.45, 2.75) is 49.6 Å². The van der Waals surface area contributed by atoms with Crippen LogP contribution in [0.3, 0.4) is 0 Å². The van der Waals surface area contributed by atoms with E-state index < -0.39 is 11.2 Å². The number of hydrogen-bond acceptors (Lipinski definition) is 3. The maximum atomic E-state index is 10.1. The van der Waals surface area contributed by atoms with Gasteiger partial charge in [0.25, 0.3) is 0 Å². The van der Waals surface area contributed by atoms with Crippen molar-refractivity contribution in [1.82, 2.24) is 0 Å². The van der Waals surface area contributed by atoms with Gasteiger partial charge in [-0.15, -0.1) is 0 Å². The molecule has 0 radical (unpaired) electrons. The second-order valence-corrected chi connectivity index (χ2v) is 4.73. The Balaban J connectivity index is 1.95. The maximum absolute atomic E-state index is 10.1. The SMILES string of the molecule is CC1C[C@@]2(O)C[C@@H]3C[C@]3(O)C2O1. The summed E-state index contributed by atoms with van der Waals surface area (Å²) in [6.45, 7) is 1.96. The quantitative estimate of drug-likeness (QED) is 0.540. The third-order valence-electron chi connectivity index (χ3n) is 3.67. The van der Waals surface area contributed by atoms with Crippen LogP contribution in [0.4, 0.5) is 0 Å². The summed E-state index contributed by atoms with van der Waals surface area (Å²) in [5, 5.41) is 20.0. The molecule has 2 N–H and O–H groups in total. The lowest BCUT2D eigenvalue weighted by atomic mass is 9.92. The van der Waals surface area contributed by atoms with Gasteiger partial charge in [0, 0.05) is 6.42 Å². The first-order chi connectivity index (χ1) is 5.55. The molecule has 2 saturated carbocycles. The van der Waals surface area contributed by atoms with Crippen molar-refractivity contribution in [3.8, 4) is 0 Å². The van der Waals surface area contributed by atoms with Gasteiger partial charge >= 0.3 is 0 Å². The summed E-state index contributed by atoms with van der Waals surface area (Å²) in [4.78, 5) is 0. The van der Waals surface area contributed by atoms with Crippen LogP contribution in [-0.2, 0) is 4.74 Å². The Labute approximate surface area is 71.3 Å². The molecule has 3 nitrogen and oxygen atoms in total. The van der Waals surface area contributed by atoms with Crippen molar-refractivity contribution in [3.05, 3.63) is 0 Å². The van der Waals surface area contributed by atoms with Gasteiger partial charge in [-0.25, -0.2) is 0 Å². The van der Waals surface area contributed by atoms with E-state index in [1.54, 1.807) is 0 Å². The largest absolute Gasteiger partial charge is 0.387 e. The summed E-state index contributed by atoms with van der Waals surface area (Å²) in [5.41, 5.74) is -1.38. The highest BCUT2D eigenvalue weighted by Crippen LogP contribution is 2.63. The van der Waals surface area contributed by atoms with Crippen molar-refractivity contribution in [2.24, 2.45) is 5.92 Å². The second-order valence-electron chi connectivity index (χ2n) is 4.73. The normalized spacial score (nSPS) is 67.8. The molecule has 0 aromatic carbocycles. The molecule has 3 aliphatic rings. The summed E-state index contributed by atoms with van der Waals surface area (Å²) in [6, 6.07) is 0. The average molecular weight is 170 g/mol. The van der Waals surface area contributed by atoms with E-state index in [4.69, 9.17) is 4.74 Å². The Morgan fingerprint density at radius 2 is 2.00 bits per heavy atom. The Hall–Kier alpha value is -0.120. The molecular formula is C9H14O3. The Morgan fingerprint density at radius 1 is 1.25 bits per heavy atom. The fourth-order valence-electron chi connectivity index (χ4n) is 3.12. The number of fused-ring (bicyclic) bond motifs is 3. The Bertz CT molecular complexity index is 242. The van der Waals surface area contributed by atoms with E-state index in [9.17, 15) is 10.2 Å². The lowest BCUT2D eigenvalue weighted by molar-refractivity contribution is -0.0934. The zero-order valence-corrected chi connectivity index (χ0v) is 7.16. The summed E-state index contributed by atoms with van der Waals surface area (Å²) in [7, 11) is 0. The lowest BCUT2D eigenvalue weighted by Crippen LogP contribution is -2.41. The number of rotatable bonds is 0. The van der Waals surface area contributed by atoms with Crippen LogP contribution in [0.25, 0.3) is 0 Å². The van der Waals surface area contributed by atoms with E-state index in [2.05, 4.69) is 0 Å². The lowest BCUT2D eigenvalue weighted by Gasteiger charge is -2.25. The number of ether oxygens (including phenoxy) is 1. The highest BCUT2D eigenvalue weighted by molar-refractivity contribution is 5.24. The smallest absolute Gasteiger partial charge is 0.115 e. The van der Waals surface area contributed by atoms with Crippen LogP contribution in [0.15, 0.2) is 0 Å². The van der Waals surface area contributed by atoms with Crippen LogP contribution in [0, 0.1) is 5.92 Å². The van der Waals surface area contributed by atoms with Gasteiger partial charge in [-0.1, -0.05) is 0 Å². The molecule has 5 atom stereocenters. The third kappa shape index (κ3) is 0.640. The first-order valence-electron chi connectivity index (χ1n) is 4.65. The highest BCUT2D eigenvalue weighted by atomic mass is 16.5. The third-order valence-corrected chi connectivity index (χ3v) is 3.67. The molecule has 0 spiro atoms. The molecule has 3 fully saturated rings. The predicted octanol–water partition coefficient (Wildman–Crippen LogP) is 0.0496. The van der Waals surface area contributed by atoms with Crippen LogP contribution in [0.2, 0.25) is 0 Å². The summed E-state index contributed by atoms with van der Waals surface area (Å²) >= 11 is 0. The van der Waals surface area contributed by atoms with Crippen LogP contribution < -0.4 is 0 Å². The molecule has 3 heteroatoms. The topological polar surface area (TPSA) is 49.7 Å². The van der Waals surface area contributed by atoms with E-state index in [-0.39, 0.29) is 12.2 Å². The minimum absolute atomic E-state index is 0.102. The molecule has 0 aromatic rings. The molecule has 0 aromatic heterocycles. The number of aliphatic hydroxyl groups is 2. The van der Waals surface area contributed by atoms with Gasteiger partial charge in [0.05, 0.1) is 17.3 Å². The zero-order valence-electron chi connectivity index (χ0n) is 7.16. The van der Waals surface area contributed by atoms with Crippen LogP contribution in [0.5, 0.6) is 0 Å². The summed E-state index contributed by atoms with van der Waals surface area (Å²) in [5.74, 6) is 0.306. The average Bonchev–Trinajstić information content (AvgIpc) is 2.35. The van der Waals surface area contributed by atoms with Crippen molar-refractivity contribution < 1.29 is 14.9 Å². The molecule has 3 rings (SSSR count). The zero-order chi connectivity index (χ0) is 8.56. The van der Waals surface area contributed by atoms with Crippen molar-refractivity contribution in [1.29, 1.82) is 0 Å². The molecule has 2 aliphatic carbocycles. The predicted molar refractivity (Wildman–Crippen MR) is 41.6 cm³/mol. The summed E-state index contributed by atoms with van der Waals surface area (Å²) < 4.78 is 5.55. The van der Waals surface area contributed by atoms with E-state index in [1.165, 1.54) is 0 Å². The molecule has 1 heterocycles. The molecule has 68 valence electrons. The molecular weight excluding hydrogens is 156 g/mol. The standard InChI is InChI=1S/C9H14O3/c1-5-2-8(10)3-6-4-9(6,11)7(8)12-5/h5-7,10-11H,2-4H2,1H3/t5?,6-,7?,8-,9-/m1/s1. The second kappa shape index (κ2) is 1.72. The molecule has 1 aliphatic heterocycles. The highest BCUT2D eigenvalue weighted by Gasteiger charge is 2.74. The van der Waals surface area contributed by atoms with Crippen LogP contribution >= 0.6 is 0 Å². The van der Waals surface area contributed by atoms with Gasteiger partial charge in [-0.05, 0) is 25.7 Å². The molecule has 12 heavy (non-hydrogen) atoms. The number of hydrogen-bond donors (Lipinski definition) is 2. The van der Waals surface area contributed by atoms with Crippen LogP contribution in [0.1, 0.15) is 26.2 Å². The monoisotopic (exact) mass is 170 g/mol. The first kappa shape index (κ1) is 7.30. The van der Waals surface area contributed by atoms with Gasteiger partial charge in [0.1, 0.15) is 6.10 Å². The van der Waals surface area contributed by atoms with Gasteiger partial charge in [-0.2, -0.15) is 0 Å². The van der Waals surface area contributed by atoms with Crippen molar-refractivity contribution in [2.75, 3.05) is 0 Å². The fraction of sp³-hybridized carbons (Fsp3) is 1.00. The molecule has 0 amide bonds. The van der Waals surface area contributed by atoms with Crippen LogP contribution in [-0.4, -0.2) is 33.6 Å². The van der Waals surface area contributed by atoms with Crippen molar-refractivity contribution >= 4 is 0 Å². The van der Waals surface area contributed by atoms with E-state index in [0.717, 1.165) is 12.8 Å². The molecule has 1 saturated heterocycles. The van der Waals surface area contributed by atoms with Gasteiger partial charge < -0.3 is 14.9 Å². The van der Waals surface area contributed by atoms with Gasteiger partial charge in [-0.3, -0.25) is 0 Å². The van der Waals surface area contributed by atoms with E-state index in [1.807, 2.05) is 6.92 Å². The minimum Gasteiger partial charge on any atom is -0.387 e. The Morgan fingerprint density at radius 3 is 2.67 bits per heavy atom. The van der Waals surface area contributed by atoms with Crippen molar-refractivity contribution in [3.63, 3.8) is 0 Å². The molecule has 0 bridgehead atoms. The fourth-order valence-corrected chi connectivity index (χ4v) is 3.12. The minimum atomic E-state index is -0.711. The van der Waals surface area contributed by atoms with Gasteiger partial charge in [0.15, 0.2) is 0 Å².